The summed E-state index contributed by atoms with van der Waals surface area (Å²) in [5.41, 5.74) is 0.599. The highest BCUT2D eigenvalue weighted by molar-refractivity contribution is 6.31. The molecule has 1 fully saturated rings. The minimum Gasteiger partial charge on any atom is -0.463 e. The second-order valence-corrected chi connectivity index (χ2v) is 6.98. The van der Waals surface area contributed by atoms with Gasteiger partial charge in [-0.2, -0.15) is 0 Å². The number of likely N-dealkylation sites (tertiary alicyclic amines) is 1. The van der Waals surface area contributed by atoms with Crippen LogP contribution in [-0.2, 0) is 23.9 Å². The quantitative estimate of drug-likeness (QED) is 0.539. The van der Waals surface area contributed by atoms with Crippen LogP contribution in [0.25, 0.3) is 0 Å². The molecule has 0 radical (unpaired) electrons. The lowest BCUT2D eigenvalue weighted by Crippen LogP contribution is -2.36. The number of nitrogens with one attached hydrogen (secondary N) is 1. The number of halogens is 1. The van der Waals surface area contributed by atoms with Gasteiger partial charge in [-0.1, -0.05) is 29.8 Å². The molecule has 3 amide bonds. The largest absolute Gasteiger partial charge is 0.463 e. The van der Waals surface area contributed by atoms with Crippen LogP contribution in [0, 0.1) is 0 Å². The highest BCUT2D eigenvalue weighted by Crippen LogP contribution is 2.26. The Balaban J connectivity index is 2.03. The summed E-state index contributed by atoms with van der Waals surface area (Å²) in [6, 6.07) is 6.24. The van der Waals surface area contributed by atoms with Gasteiger partial charge in [-0.25, -0.2) is 0 Å². The van der Waals surface area contributed by atoms with Gasteiger partial charge in [0.15, 0.2) is 0 Å². The van der Waals surface area contributed by atoms with Crippen LogP contribution in [0.5, 0.6) is 0 Å². The molecule has 146 valence electrons. The molecule has 1 heterocycles. The van der Waals surface area contributed by atoms with Gasteiger partial charge in [0.05, 0.1) is 18.6 Å². The van der Waals surface area contributed by atoms with E-state index in [9.17, 15) is 19.2 Å². The predicted molar refractivity (Wildman–Crippen MR) is 98.8 cm³/mol. The number of carbonyl (C=O) groups is 4. The van der Waals surface area contributed by atoms with E-state index in [0.717, 1.165) is 4.90 Å². The molecule has 1 atom stereocenters. The lowest BCUT2D eigenvalue weighted by Gasteiger charge is -2.21. The highest BCUT2D eigenvalue weighted by Gasteiger charge is 2.29. The van der Waals surface area contributed by atoms with E-state index in [1.165, 1.54) is 0 Å². The standard InChI is InChI=1S/C19H23ClN2O5/c1-12(2)27-19(26)11-15(13-5-3-4-6-14(13)20)21-16(23)9-10-22-17(24)7-8-18(22)25/h3-6,12,15H,7-11H2,1-2H3,(H,21,23)/t15-/m0/s1. The second-order valence-electron chi connectivity index (χ2n) is 6.57. The van der Waals surface area contributed by atoms with Gasteiger partial charge in [-0.15, -0.1) is 0 Å². The summed E-state index contributed by atoms with van der Waals surface area (Å²) in [7, 11) is 0. The first-order chi connectivity index (χ1) is 12.8. The molecular formula is C19H23ClN2O5. The number of esters is 1. The molecule has 27 heavy (non-hydrogen) atoms. The van der Waals surface area contributed by atoms with E-state index in [0.29, 0.717) is 10.6 Å². The lowest BCUT2D eigenvalue weighted by molar-refractivity contribution is -0.148. The zero-order valence-corrected chi connectivity index (χ0v) is 16.1. The van der Waals surface area contributed by atoms with Gasteiger partial charge in [0, 0.05) is 30.8 Å². The monoisotopic (exact) mass is 394 g/mol. The number of nitrogens with zero attached hydrogens (tertiary/aromatic N) is 1. The molecule has 1 saturated heterocycles. The Morgan fingerprint density at radius 1 is 1.19 bits per heavy atom. The summed E-state index contributed by atoms with van der Waals surface area (Å²) < 4.78 is 5.16. The summed E-state index contributed by atoms with van der Waals surface area (Å²) in [5.74, 6) is -1.38. The second kappa shape index (κ2) is 9.50. The molecule has 8 heteroatoms. The van der Waals surface area contributed by atoms with Crippen molar-refractivity contribution >= 4 is 35.3 Å². The molecule has 0 aromatic heterocycles. The number of ether oxygens (including phenoxy) is 1. The van der Waals surface area contributed by atoms with Crippen LogP contribution in [0.1, 0.15) is 51.1 Å². The van der Waals surface area contributed by atoms with Crippen molar-refractivity contribution in [3.05, 3.63) is 34.9 Å². The van der Waals surface area contributed by atoms with E-state index in [1.54, 1.807) is 38.1 Å². The van der Waals surface area contributed by atoms with Crippen molar-refractivity contribution in [2.75, 3.05) is 6.54 Å². The van der Waals surface area contributed by atoms with Gasteiger partial charge >= 0.3 is 5.97 Å². The summed E-state index contributed by atoms with van der Waals surface area (Å²) in [6.07, 6.45) is -0.0207. The fraction of sp³-hybridized carbons (Fsp3) is 0.474. The smallest absolute Gasteiger partial charge is 0.308 e. The fourth-order valence-corrected chi connectivity index (χ4v) is 3.09. The molecule has 0 aliphatic carbocycles. The van der Waals surface area contributed by atoms with Gasteiger partial charge in [0.1, 0.15) is 0 Å². The van der Waals surface area contributed by atoms with E-state index >= 15 is 0 Å². The maximum absolute atomic E-state index is 12.4. The maximum atomic E-state index is 12.4. The first-order valence-electron chi connectivity index (χ1n) is 8.84. The normalized spacial score (nSPS) is 15.2. The zero-order valence-electron chi connectivity index (χ0n) is 15.4. The summed E-state index contributed by atoms with van der Waals surface area (Å²) >= 11 is 6.21. The molecule has 7 nitrogen and oxygen atoms in total. The predicted octanol–water partition coefficient (Wildman–Crippen LogP) is 2.38. The number of benzene rings is 1. The number of carbonyl (C=O) groups excluding carboxylic acids is 4. The van der Waals surface area contributed by atoms with E-state index in [2.05, 4.69) is 5.32 Å². The van der Waals surface area contributed by atoms with E-state index in [4.69, 9.17) is 16.3 Å². The van der Waals surface area contributed by atoms with Gasteiger partial charge in [0.25, 0.3) is 0 Å². The molecule has 1 aliphatic rings. The minimum absolute atomic E-state index is 0.0230. The van der Waals surface area contributed by atoms with Crippen molar-refractivity contribution in [3.63, 3.8) is 0 Å². The molecule has 1 aromatic carbocycles. The van der Waals surface area contributed by atoms with Crippen LogP contribution in [0.4, 0.5) is 0 Å². The van der Waals surface area contributed by atoms with Crippen LogP contribution in [0.15, 0.2) is 24.3 Å². The van der Waals surface area contributed by atoms with Crippen LogP contribution in [-0.4, -0.2) is 41.2 Å². The molecule has 0 spiro atoms. The van der Waals surface area contributed by atoms with Crippen LogP contribution >= 0.6 is 11.6 Å². The fourth-order valence-electron chi connectivity index (χ4n) is 2.83. The Morgan fingerprint density at radius 3 is 2.41 bits per heavy atom. The zero-order chi connectivity index (χ0) is 20.0. The van der Waals surface area contributed by atoms with Crippen molar-refractivity contribution in [3.8, 4) is 0 Å². The van der Waals surface area contributed by atoms with Crippen molar-refractivity contribution in [2.24, 2.45) is 0 Å². The average Bonchev–Trinajstić information content (AvgIpc) is 2.90. The van der Waals surface area contributed by atoms with Crippen LogP contribution < -0.4 is 5.32 Å². The Labute approximate surface area is 163 Å². The van der Waals surface area contributed by atoms with Crippen molar-refractivity contribution in [2.45, 2.75) is 51.7 Å². The van der Waals surface area contributed by atoms with E-state index in [-0.39, 0.29) is 56.1 Å². The Kier molecular flexibility index (Phi) is 7.36. The minimum atomic E-state index is -0.664. The molecule has 2 rings (SSSR count). The molecule has 0 saturated carbocycles. The van der Waals surface area contributed by atoms with Gasteiger partial charge in [0.2, 0.25) is 17.7 Å². The van der Waals surface area contributed by atoms with Gasteiger partial charge < -0.3 is 10.1 Å². The van der Waals surface area contributed by atoms with Crippen LogP contribution in [0.2, 0.25) is 5.02 Å². The Hall–Kier alpha value is -2.41. The molecule has 1 aromatic rings. The summed E-state index contributed by atoms with van der Waals surface area (Å²) in [4.78, 5) is 48.8. The maximum Gasteiger partial charge on any atom is 0.308 e. The SMILES string of the molecule is CC(C)OC(=O)C[C@H](NC(=O)CCN1C(=O)CCC1=O)c1ccccc1Cl. The lowest BCUT2D eigenvalue weighted by atomic mass is 10.0. The topological polar surface area (TPSA) is 92.8 Å². The molecule has 1 N–H and O–H groups in total. The Morgan fingerprint density at radius 2 is 1.81 bits per heavy atom. The third kappa shape index (κ3) is 6.06. The Bertz CT molecular complexity index is 719. The van der Waals surface area contributed by atoms with E-state index in [1.807, 2.05) is 0 Å². The van der Waals surface area contributed by atoms with Crippen molar-refractivity contribution in [1.82, 2.24) is 10.2 Å². The first kappa shape index (κ1) is 20.9. The molecule has 1 aliphatic heterocycles. The van der Waals surface area contributed by atoms with Gasteiger partial charge in [-0.05, 0) is 25.5 Å². The molecule has 0 bridgehead atoms. The third-order valence-corrected chi connectivity index (χ3v) is 4.42. The number of rotatable bonds is 8. The first-order valence-corrected chi connectivity index (χ1v) is 9.22. The van der Waals surface area contributed by atoms with Crippen LogP contribution in [0.3, 0.4) is 0 Å². The van der Waals surface area contributed by atoms with Crippen molar-refractivity contribution < 1.29 is 23.9 Å². The molecular weight excluding hydrogens is 372 g/mol. The number of amides is 3. The summed E-state index contributed by atoms with van der Waals surface area (Å²) in [6.45, 7) is 3.51. The average molecular weight is 395 g/mol. The highest BCUT2D eigenvalue weighted by atomic mass is 35.5. The molecule has 0 unspecified atom stereocenters. The summed E-state index contributed by atoms with van der Waals surface area (Å²) in [5, 5.41) is 3.18. The number of hydrogen-bond donors (Lipinski definition) is 1. The third-order valence-electron chi connectivity index (χ3n) is 4.07. The number of hydrogen-bond acceptors (Lipinski definition) is 5. The van der Waals surface area contributed by atoms with Gasteiger partial charge in [-0.3, -0.25) is 24.1 Å². The van der Waals surface area contributed by atoms with Crippen molar-refractivity contribution in [1.29, 1.82) is 0 Å². The number of imide groups is 1. The van der Waals surface area contributed by atoms with E-state index < -0.39 is 12.0 Å².